The highest BCUT2D eigenvalue weighted by Gasteiger charge is 2.26. The molecule has 238 valence electrons. The summed E-state index contributed by atoms with van der Waals surface area (Å²) in [7, 11) is 3.49. The molecule has 13 heteroatoms. The predicted octanol–water partition coefficient (Wildman–Crippen LogP) is 3.72. The maximum atomic E-state index is 13.1. The first-order valence-corrected chi connectivity index (χ1v) is 14.4. The van der Waals surface area contributed by atoms with E-state index < -0.39 is 12.0 Å². The summed E-state index contributed by atoms with van der Waals surface area (Å²) in [6.45, 7) is 5.55. The van der Waals surface area contributed by atoms with Crippen molar-refractivity contribution in [2.24, 2.45) is 7.05 Å². The van der Waals surface area contributed by atoms with Gasteiger partial charge in [-0.3, -0.25) is 19.4 Å². The molecule has 5 rings (SSSR count). The van der Waals surface area contributed by atoms with Gasteiger partial charge < -0.3 is 30.1 Å². The number of nitrogens with zero attached hydrogens (tertiary/aromatic N) is 5. The lowest BCUT2D eigenvalue weighted by Crippen LogP contribution is -2.32. The van der Waals surface area contributed by atoms with Crippen LogP contribution < -0.4 is 15.8 Å². The van der Waals surface area contributed by atoms with E-state index in [4.69, 9.17) is 9.51 Å². The lowest BCUT2D eigenvalue weighted by molar-refractivity contribution is -0.380. The second-order valence-electron chi connectivity index (χ2n) is 10.9. The van der Waals surface area contributed by atoms with Gasteiger partial charge in [0.2, 0.25) is 0 Å². The largest absolute Gasteiger partial charge is 0.389 e. The molecule has 0 spiro atoms. The van der Waals surface area contributed by atoms with Gasteiger partial charge in [0.1, 0.15) is 5.76 Å². The number of benzene rings is 2. The molecule has 0 radical (unpaired) electrons. The average molecular weight is 627 g/mol. The van der Waals surface area contributed by atoms with Crippen LogP contribution in [-0.2, 0) is 13.1 Å². The fraction of sp³-hybridized carbons (Fsp3) is 0.242. The van der Waals surface area contributed by atoms with Gasteiger partial charge in [0.25, 0.3) is 11.5 Å². The summed E-state index contributed by atoms with van der Waals surface area (Å²) >= 11 is 0. The van der Waals surface area contributed by atoms with E-state index in [0.717, 1.165) is 23.7 Å². The Bertz CT molecular complexity index is 1970. The highest BCUT2D eigenvalue weighted by Crippen LogP contribution is 2.37. The summed E-state index contributed by atoms with van der Waals surface area (Å²) < 4.78 is 7.11. The van der Waals surface area contributed by atoms with Crippen LogP contribution in [0.4, 0.5) is 11.5 Å². The molecule has 0 saturated heterocycles. The van der Waals surface area contributed by atoms with Crippen molar-refractivity contribution in [3.63, 3.8) is 0 Å². The topological polar surface area (TPSA) is 176 Å². The van der Waals surface area contributed by atoms with Gasteiger partial charge in [0.05, 0.1) is 17.3 Å². The van der Waals surface area contributed by atoms with Crippen molar-refractivity contribution in [2.75, 3.05) is 17.3 Å². The minimum atomic E-state index is -3.21. The van der Waals surface area contributed by atoms with E-state index in [1.807, 2.05) is 43.1 Å². The van der Waals surface area contributed by atoms with Gasteiger partial charge in [-0.2, -0.15) is 9.42 Å². The van der Waals surface area contributed by atoms with Gasteiger partial charge >= 0.3 is 6.10 Å². The number of hydrogen-bond acceptors (Lipinski definition) is 10. The van der Waals surface area contributed by atoms with Gasteiger partial charge in [0.15, 0.2) is 12.1 Å². The fourth-order valence-electron chi connectivity index (χ4n) is 5.57. The van der Waals surface area contributed by atoms with E-state index in [2.05, 4.69) is 10.4 Å². The molecule has 0 aliphatic carbocycles. The number of aryl methyl sites for hydroxylation is 3. The second kappa shape index (κ2) is 12.6. The molecular formula is C33H34N6O7. The maximum Gasteiger partial charge on any atom is 0.389 e. The normalized spacial score (nSPS) is 12.2. The molecule has 4 N–H and O–H groups in total. The molecule has 0 aliphatic heterocycles. The third kappa shape index (κ3) is 6.24. The Hall–Kier alpha value is -5.37. The van der Waals surface area contributed by atoms with Crippen molar-refractivity contribution in [3.8, 4) is 22.4 Å². The van der Waals surface area contributed by atoms with E-state index in [1.165, 1.54) is 10.8 Å². The molecule has 0 fully saturated rings. The average Bonchev–Trinajstić information content (AvgIpc) is 3.61. The summed E-state index contributed by atoms with van der Waals surface area (Å²) in [6.07, 6.45) is -0.705. The quantitative estimate of drug-likeness (QED) is 0.132. The number of nitrogens with one attached hydrogen (secondary N) is 1. The molecule has 1 unspecified atom stereocenters. The fourth-order valence-corrected chi connectivity index (χ4v) is 5.57. The SMILES string of the molecule is CCC(c1c(C=O)cc(C)nc1-c1cccc(C(=O)Nc2ccn(C(O)(O)O)n2)c1)N(C)c1ccc(-c2c(C)on(C)c2=O)cc1. The summed E-state index contributed by atoms with van der Waals surface area (Å²) in [5.41, 5.74) is 5.05. The van der Waals surface area contributed by atoms with Crippen LogP contribution in [0, 0.1) is 13.8 Å². The van der Waals surface area contributed by atoms with Crippen molar-refractivity contribution in [2.45, 2.75) is 39.3 Å². The van der Waals surface area contributed by atoms with Gasteiger partial charge in [-0.25, -0.2) is 0 Å². The molecule has 1 amide bonds. The Morgan fingerprint density at radius 2 is 1.80 bits per heavy atom. The Balaban J connectivity index is 1.50. The highest BCUT2D eigenvalue weighted by atomic mass is 16.7. The molecular weight excluding hydrogens is 592 g/mol. The molecule has 3 heterocycles. The lowest BCUT2D eigenvalue weighted by Gasteiger charge is -2.32. The van der Waals surface area contributed by atoms with Crippen LogP contribution in [-0.4, -0.2) is 54.1 Å². The predicted molar refractivity (Wildman–Crippen MR) is 170 cm³/mol. The minimum absolute atomic E-state index is 0.0171. The molecule has 0 aliphatic rings. The zero-order valence-electron chi connectivity index (χ0n) is 25.9. The number of anilines is 2. The Labute approximate surface area is 263 Å². The minimum Gasteiger partial charge on any atom is -0.381 e. The zero-order valence-corrected chi connectivity index (χ0v) is 25.9. The number of aliphatic hydroxyl groups is 3. The van der Waals surface area contributed by atoms with Crippen molar-refractivity contribution >= 4 is 23.7 Å². The Kier molecular flexibility index (Phi) is 8.74. The number of hydrogen-bond donors (Lipinski definition) is 4. The van der Waals surface area contributed by atoms with Crippen LogP contribution in [0.15, 0.2) is 76.2 Å². The molecule has 0 saturated carbocycles. The van der Waals surface area contributed by atoms with Crippen molar-refractivity contribution in [1.82, 2.24) is 19.5 Å². The number of amides is 1. The zero-order chi connectivity index (χ0) is 33.3. The van der Waals surface area contributed by atoms with E-state index in [9.17, 15) is 29.7 Å². The third-order valence-corrected chi connectivity index (χ3v) is 7.76. The van der Waals surface area contributed by atoms with E-state index in [1.54, 1.807) is 51.2 Å². The molecule has 3 aromatic heterocycles. The number of carbonyl (C=O) groups excluding carboxylic acids is 2. The number of rotatable bonds is 10. The van der Waals surface area contributed by atoms with Gasteiger partial charge in [0, 0.05) is 60.0 Å². The van der Waals surface area contributed by atoms with Crippen molar-refractivity contribution in [1.29, 1.82) is 0 Å². The summed E-state index contributed by atoms with van der Waals surface area (Å²) in [6, 6.07) is 17.0. The van der Waals surface area contributed by atoms with Crippen LogP contribution in [0.1, 0.15) is 57.1 Å². The molecule has 1 atom stereocenters. The standard InChI is InChI=1S/C33H34N6O7/c1-6-26(37(4)25-12-10-21(11-13-25)28-20(3)46-38(5)32(28)42)29-24(18-40)16-19(2)34-30(29)22-8-7-9-23(17-22)31(41)35-27-14-15-39(36-27)33(43,44)45/h7-18,26,43-45H,6H2,1-5H3,(H,35,36,41). The van der Waals surface area contributed by atoms with Crippen LogP contribution >= 0.6 is 0 Å². The van der Waals surface area contributed by atoms with Crippen LogP contribution in [0.3, 0.4) is 0 Å². The Morgan fingerprint density at radius 3 is 2.39 bits per heavy atom. The molecule has 46 heavy (non-hydrogen) atoms. The number of aldehydes is 1. The monoisotopic (exact) mass is 626 g/mol. The highest BCUT2D eigenvalue weighted by molar-refractivity contribution is 6.04. The summed E-state index contributed by atoms with van der Waals surface area (Å²) in [4.78, 5) is 45.0. The number of pyridine rings is 1. The van der Waals surface area contributed by atoms with Crippen molar-refractivity contribution in [3.05, 3.63) is 105 Å². The summed E-state index contributed by atoms with van der Waals surface area (Å²) in [5.74, 6) is -0.0288. The molecule has 2 aromatic carbocycles. The summed E-state index contributed by atoms with van der Waals surface area (Å²) in [5, 5.41) is 34.2. The third-order valence-electron chi connectivity index (χ3n) is 7.76. The van der Waals surface area contributed by atoms with Gasteiger partial charge in [-0.1, -0.05) is 31.2 Å². The second-order valence-corrected chi connectivity index (χ2v) is 10.9. The molecule has 5 aromatic rings. The maximum absolute atomic E-state index is 13.1. The smallest absolute Gasteiger partial charge is 0.381 e. The first kappa shape index (κ1) is 32.0. The first-order valence-electron chi connectivity index (χ1n) is 14.4. The van der Waals surface area contributed by atoms with E-state index >= 15 is 0 Å². The lowest BCUT2D eigenvalue weighted by atomic mass is 9.91. The number of aromatic nitrogens is 4. The first-order chi connectivity index (χ1) is 21.8. The number of carbonyl (C=O) groups is 2. The van der Waals surface area contributed by atoms with E-state index in [0.29, 0.717) is 50.5 Å². The van der Waals surface area contributed by atoms with Crippen LogP contribution in [0.25, 0.3) is 22.4 Å². The Morgan fingerprint density at radius 1 is 1.09 bits per heavy atom. The van der Waals surface area contributed by atoms with E-state index in [-0.39, 0.29) is 23.0 Å². The molecule has 13 nitrogen and oxygen atoms in total. The van der Waals surface area contributed by atoms with Crippen LogP contribution in [0.5, 0.6) is 0 Å². The van der Waals surface area contributed by atoms with Gasteiger partial charge in [-0.15, -0.1) is 5.10 Å². The van der Waals surface area contributed by atoms with Crippen molar-refractivity contribution < 1.29 is 29.4 Å². The van der Waals surface area contributed by atoms with Crippen LogP contribution in [0.2, 0.25) is 0 Å². The van der Waals surface area contributed by atoms with Gasteiger partial charge in [-0.05, 0) is 56.2 Å². The molecule has 0 bridgehead atoms.